The minimum Gasteiger partial charge on any atom is -0.451 e. The fourth-order valence-corrected chi connectivity index (χ4v) is 4.35. The lowest BCUT2D eigenvalue weighted by atomic mass is 9.70. The maximum Gasteiger partial charge on any atom is 0.306 e. The quantitative estimate of drug-likeness (QED) is 0.589. The molecule has 0 aromatic heterocycles. The molecule has 2 aliphatic carbocycles. The third kappa shape index (κ3) is 0.802. The third-order valence-electron chi connectivity index (χ3n) is 5.67. The Morgan fingerprint density at radius 1 is 1.19 bits per heavy atom. The van der Waals surface area contributed by atoms with Gasteiger partial charge < -0.3 is 4.74 Å². The highest BCUT2D eigenvalue weighted by atomic mass is 16.6. The number of rotatable bonds is 0. The summed E-state index contributed by atoms with van der Waals surface area (Å²) in [5, 5.41) is 0. The second-order valence-corrected chi connectivity index (χ2v) is 6.34. The van der Waals surface area contributed by atoms with E-state index in [1.165, 1.54) is 0 Å². The summed E-state index contributed by atoms with van der Waals surface area (Å²) in [6.45, 7) is 6.36. The van der Waals surface area contributed by atoms with Crippen LogP contribution in [0.1, 0.15) is 46.5 Å². The van der Waals surface area contributed by atoms with E-state index >= 15 is 0 Å². The van der Waals surface area contributed by atoms with Gasteiger partial charge in [-0.2, -0.15) is 0 Å². The van der Waals surface area contributed by atoms with Gasteiger partial charge in [0.05, 0.1) is 0 Å². The molecule has 3 fully saturated rings. The van der Waals surface area contributed by atoms with Gasteiger partial charge in [0.15, 0.2) is 11.4 Å². The van der Waals surface area contributed by atoms with Crippen molar-refractivity contribution in [3.63, 3.8) is 0 Å². The Labute approximate surface area is 95.5 Å². The molecule has 1 saturated heterocycles. The summed E-state index contributed by atoms with van der Waals surface area (Å²) in [6, 6.07) is 0. The standard InChI is InChI=1S/C13H18O3/c1-11(2)8-4-6-12(11,3)10(15)13(8)7-5-9(14)16-13/h8H,4-7H2,1-3H3/t8-,12+,13+/m0/s1. The SMILES string of the molecule is CC1(C)[C@@H]2CC[C@]1(C)C(=O)[C@@]21CCC(=O)O1. The molecule has 88 valence electrons. The monoisotopic (exact) mass is 222 g/mol. The number of fused-ring (bicyclic) bond motifs is 3. The summed E-state index contributed by atoms with van der Waals surface area (Å²) in [5.74, 6) is 0.219. The van der Waals surface area contributed by atoms with Gasteiger partial charge in [0.25, 0.3) is 0 Å². The number of esters is 1. The van der Waals surface area contributed by atoms with Crippen LogP contribution in [-0.4, -0.2) is 17.4 Å². The first-order chi connectivity index (χ1) is 7.34. The number of ketones is 1. The highest BCUT2D eigenvalue weighted by Gasteiger charge is 2.75. The topological polar surface area (TPSA) is 43.4 Å². The maximum atomic E-state index is 12.6. The molecule has 3 nitrogen and oxygen atoms in total. The van der Waals surface area contributed by atoms with Crippen LogP contribution >= 0.6 is 0 Å². The van der Waals surface area contributed by atoms with Gasteiger partial charge in [-0.25, -0.2) is 0 Å². The van der Waals surface area contributed by atoms with Crippen molar-refractivity contribution in [3.8, 4) is 0 Å². The number of carbonyl (C=O) groups excluding carboxylic acids is 2. The van der Waals surface area contributed by atoms with E-state index in [2.05, 4.69) is 20.8 Å². The van der Waals surface area contributed by atoms with Crippen LogP contribution in [0.3, 0.4) is 0 Å². The van der Waals surface area contributed by atoms with Crippen molar-refractivity contribution in [1.82, 2.24) is 0 Å². The number of carbonyl (C=O) groups is 2. The minimum atomic E-state index is -0.756. The molecule has 3 aliphatic rings. The zero-order valence-corrected chi connectivity index (χ0v) is 10.1. The molecule has 3 heteroatoms. The van der Waals surface area contributed by atoms with Crippen LogP contribution in [0.2, 0.25) is 0 Å². The lowest BCUT2D eigenvalue weighted by Crippen LogP contribution is -2.46. The second kappa shape index (κ2) is 2.52. The predicted molar refractivity (Wildman–Crippen MR) is 57.7 cm³/mol. The summed E-state index contributed by atoms with van der Waals surface area (Å²) >= 11 is 0. The number of hydrogen-bond acceptors (Lipinski definition) is 3. The van der Waals surface area contributed by atoms with E-state index in [1.54, 1.807) is 0 Å². The molecule has 1 aliphatic heterocycles. The van der Waals surface area contributed by atoms with E-state index in [-0.39, 0.29) is 28.5 Å². The molecule has 0 radical (unpaired) electrons. The van der Waals surface area contributed by atoms with E-state index in [0.29, 0.717) is 12.8 Å². The van der Waals surface area contributed by atoms with E-state index in [4.69, 9.17) is 4.74 Å². The van der Waals surface area contributed by atoms with Crippen molar-refractivity contribution >= 4 is 11.8 Å². The van der Waals surface area contributed by atoms with Crippen molar-refractivity contribution in [2.75, 3.05) is 0 Å². The van der Waals surface area contributed by atoms with Crippen molar-refractivity contribution < 1.29 is 14.3 Å². The first-order valence-electron chi connectivity index (χ1n) is 6.11. The minimum absolute atomic E-state index is 0.0330. The van der Waals surface area contributed by atoms with Gasteiger partial charge in [-0.05, 0) is 18.3 Å². The molecule has 3 rings (SSSR count). The Morgan fingerprint density at radius 2 is 1.88 bits per heavy atom. The molecular formula is C13H18O3. The van der Waals surface area contributed by atoms with E-state index in [0.717, 1.165) is 12.8 Å². The molecule has 0 unspecified atom stereocenters. The maximum absolute atomic E-state index is 12.6. The number of Topliss-reactive ketones (excluding diaryl/α,β-unsaturated/α-hetero) is 1. The van der Waals surface area contributed by atoms with Gasteiger partial charge in [0, 0.05) is 24.2 Å². The third-order valence-corrected chi connectivity index (χ3v) is 5.67. The summed E-state index contributed by atoms with van der Waals surface area (Å²) in [6.07, 6.45) is 2.98. The van der Waals surface area contributed by atoms with Crippen LogP contribution in [0.5, 0.6) is 0 Å². The summed E-state index contributed by atoms with van der Waals surface area (Å²) in [7, 11) is 0. The Kier molecular flexibility index (Phi) is 1.62. The van der Waals surface area contributed by atoms with E-state index in [9.17, 15) is 9.59 Å². The van der Waals surface area contributed by atoms with Gasteiger partial charge in [0.1, 0.15) is 0 Å². The molecule has 1 spiro atoms. The largest absolute Gasteiger partial charge is 0.451 e. The molecule has 2 bridgehead atoms. The lowest BCUT2D eigenvalue weighted by Gasteiger charge is -2.32. The first kappa shape index (κ1) is 10.3. The van der Waals surface area contributed by atoms with Crippen LogP contribution in [-0.2, 0) is 14.3 Å². The highest BCUT2D eigenvalue weighted by molar-refractivity contribution is 6.00. The second-order valence-electron chi connectivity index (χ2n) is 6.34. The Morgan fingerprint density at radius 3 is 2.31 bits per heavy atom. The molecule has 0 aromatic rings. The van der Waals surface area contributed by atoms with Crippen molar-refractivity contribution in [2.45, 2.75) is 52.1 Å². The van der Waals surface area contributed by atoms with Gasteiger partial charge in [0.2, 0.25) is 0 Å². The zero-order chi connectivity index (χ0) is 11.8. The fourth-order valence-electron chi connectivity index (χ4n) is 4.35. The van der Waals surface area contributed by atoms with Gasteiger partial charge >= 0.3 is 5.97 Å². The van der Waals surface area contributed by atoms with Crippen LogP contribution in [0.25, 0.3) is 0 Å². The van der Waals surface area contributed by atoms with Crippen LogP contribution in [0.4, 0.5) is 0 Å². The fraction of sp³-hybridized carbons (Fsp3) is 0.846. The predicted octanol–water partition coefficient (Wildman–Crippen LogP) is 2.09. The average molecular weight is 222 g/mol. The molecule has 2 saturated carbocycles. The van der Waals surface area contributed by atoms with Crippen LogP contribution in [0.15, 0.2) is 0 Å². The summed E-state index contributed by atoms with van der Waals surface area (Å²) in [5.41, 5.74) is -1.08. The summed E-state index contributed by atoms with van der Waals surface area (Å²) < 4.78 is 5.47. The smallest absolute Gasteiger partial charge is 0.306 e. The molecule has 0 N–H and O–H groups in total. The normalized spacial score (nSPS) is 49.1. The van der Waals surface area contributed by atoms with Crippen molar-refractivity contribution in [3.05, 3.63) is 0 Å². The van der Waals surface area contributed by atoms with E-state index in [1.807, 2.05) is 0 Å². The first-order valence-corrected chi connectivity index (χ1v) is 6.11. The number of ether oxygens (including phenoxy) is 1. The molecule has 0 aromatic carbocycles. The molecule has 1 heterocycles. The van der Waals surface area contributed by atoms with Crippen molar-refractivity contribution in [1.29, 1.82) is 0 Å². The van der Waals surface area contributed by atoms with E-state index < -0.39 is 5.60 Å². The lowest BCUT2D eigenvalue weighted by molar-refractivity contribution is -0.163. The van der Waals surface area contributed by atoms with Crippen LogP contribution in [0, 0.1) is 16.7 Å². The molecule has 0 amide bonds. The highest BCUT2D eigenvalue weighted by Crippen LogP contribution is 2.69. The molecule has 3 atom stereocenters. The zero-order valence-electron chi connectivity index (χ0n) is 10.1. The Balaban J connectivity index is 2.13. The van der Waals surface area contributed by atoms with Gasteiger partial charge in [-0.15, -0.1) is 0 Å². The Hall–Kier alpha value is -0.860. The number of hydrogen-bond donors (Lipinski definition) is 0. The van der Waals surface area contributed by atoms with Gasteiger partial charge in [-0.1, -0.05) is 20.8 Å². The average Bonchev–Trinajstić information content (AvgIpc) is 2.70. The van der Waals surface area contributed by atoms with Crippen LogP contribution < -0.4 is 0 Å². The summed E-state index contributed by atoms with van der Waals surface area (Å²) in [4.78, 5) is 24.0. The Bertz CT molecular complexity index is 398. The molecular weight excluding hydrogens is 204 g/mol. The van der Waals surface area contributed by atoms with Crippen molar-refractivity contribution in [2.24, 2.45) is 16.7 Å². The molecule has 16 heavy (non-hydrogen) atoms. The van der Waals surface area contributed by atoms with Gasteiger partial charge in [-0.3, -0.25) is 9.59 Å².